The van der Waals surface area contributed by atoms with Crippen molar-refractivity contribution in [2.24, 2.45) is 5.73 Å². The Balaban J connectivity index is 0.000000247. The van der Waals surface area contributed by atoms with Crippen LogP contribution in [0.2, 0.25) is 0 Å². The van der Waals surface area contributed by atoms with Crippen molar-refractivity contribution < 1.29 is 31.0 Å². The van der Waals surface area contributed by atoms with Crippen molar-refractivity contribution in [1.82, 2.24) is 5.32 Å². The molecule has 43 heavy (non-hydrogen) atoms. The maximum Gasteiger partial charge on any atom is 0.294 e. The Morgan fingerprint density at radius 2 is 1.02 bits per heavy atom. The van der Waals surface area contributed by atoms with E-state index < -0.39 is 26.3 Å². The lowest BCUT2D eigenvalue weighted by Crippen LogP contribution is -2.42. The van der Waals surface area contributed by atoms with E-state index in [1.165, 1.54) is 35.4 Å². The van der Waals surface area contributed by atoms with Crippen LogP contribution in [-0.2, 0) is 33.2 Å². The zero-order chi connectivity index (χ0) is 32.0. The molecular formula is C32H40N2O7S2. The summed E-state index contributed by atoms with van der Waals surface area (Å²) in [6.45, 7) is 7.00. The number of nitrogens with one attached hydrogen (secondary N) is 1. The van der Waals surface area contributed by atoms with E-state index in [-0.39, 0.29) is 15.8 Å². The molecule has 0 saturated carbocycles. The number of nitrogens with two attached hydrogens (primary N) is 1. The molecule has 9 nitrogen and oxygen atoms in total. The van der Waals surface area contributed by atoms with Crippen molar-refractivity contribution in [1.29, 1.82) is 0 Å². The highest BCUT2D eigenvalue weighted by molar-refractivity contribution is 7.86. The molecule has 0 aromatic heterocycles. The predicted molar refractivity (Wildman–Crippen MR) is 169 cm³/mol. The van der Waals surface area contributed by atoms with Gasteiger partial charge in [0.15, 0.2) is 0 Å². The van der Waals surface area contributed by atoms with Crippen molar-refractivity contribution in [3.63, 3.8) is 0 Å². The summed E-state index contributed by atoms with van der Waals surface area (Å²) in [5, 5.41) is 13.4. The quantitative estimate of drug-likeness (QED) is 0.168. The minimum atomic E-state index is -4.02. The van der Waals surface area contributed by atoms with Gasteiger partial charge in [-0.2, -0.15) is 16.8 Å². The van der Waals surface area contributed by atoms with Crippen molar-refractivity contribution in [2.45, 2.75) is 55.7 Å². The van der Waals surface area contributed by atoms with E-state index in [0.29, 0.717) is 13.0 Å². The van der Waals surface area contributed by atoms with Crippen LogP contribution >= 0.6 is 0 Å². The molecule has 2 atom stereocenters. The maximum absolute atomic E-state index is 10.5. The highest BCUT2D eigenvalue weighted by atomic mass is 32.2. The van der Waals surface area contributed by atoms with Crippen molar-refractivity contribution in [3.05, 3.63) is 131 Å². The fraction of sp³-hybridized carbons (Fsp3) is 0.250. The standard InChI is InChI=1S/C18H24N2O.2C7H8O3S/c1-14-7-9-16(10-8-14)12-20-13-18(21)17(19)11-15-5-3-2-4-6-15;2*1-6-2-4-7(5-3-6)11(8,9)10/h2-10,17-18,20-21H,11-13,19H2,1H3;2*2-5H,1H3,(H,8,9,10)/t17-,18+;;/m0../s1. The van der Waals surface area contributed by atoms with E-state index >= 15 is 0 Å². The van der Waals surface area contributed by atoms with E-state index in [2.05, 4.69) is 36.5 Å². The van der Waals surface area contributed by atoms with E-state index in [9.17, 15) is 21.9 Å². The molecular weight excluding hydrogens is 588 g/mol. The Morgan fingerprint density at radius 1 is 0.628 bits per heavy atom. The van der Waals surface area contributed by atoms with E-state index in [0.717, 1.165) is 23.2 Å². The number of aryl methyl sites for hydroxylation is 3. The Bertz CT molecular complexity index is 1520. The topological polar surface area (TPSA) is 167 Å². The first-order valence-corrected chi connectivity index (χ1v) is 16.4. The van der Waals surface area contributed by atoms with Crippen molar-refractivity contribution in [2.75, 3.05) is 6.54 Å². The molecule has 4 aromatic carbocycles. The third-order valence-corrected chi connectivity index (χ3v) is 7.99. The van der Waals surface area contributed by atoms with Gasteiger partial charge in [-0.3, -0.25) is 9.11 Å². The van der Waals surface area contributed by atoms with Gasteiger partial charge in [0.2, 0.25) is 0 Å². The molecule has 0 radical (unpaired) electrons. The first kappa shape index (κ1) is 35.8. The van der Waals surface area contributed by atoms with Crippen LogP contribution in [0, 0.1) is 20.8 Å². The van der Waals surface area contributed by atoms with Gasteiger partial charge in [0.05, 0.1) is 15.9 Å². The molecule has 11 heteroatoms. The summed E-state index contributed by atoms with van der Waals surface area (Å²) in [5.74, 6) is 0. The molecule has 232 valence electrons. The number of aliphatic hydroxyl groups excluding tert-OH is 1. The van der Waals surface area contributed by atoms with Gasteiger partial charge in [0, 0.05) is 19.1 Å². The van der Waals surface area contributed by atoms with Crippen LogP contribution in [0.25, 0.3) is 0 Å². The molecule has 0 aliphatic rings. The van der Waals surface area contributed by atoms with Crippen LogP contribution in [0.3, 0.4) is 0 Å². The highest BCUT2D eigenvalue weighted by Crippen LogP contribution is 2.10. The summed E-state index contributed by atoms with van der Waals surface area (Å²) < 4.78 is 59.1. The van der Waals surface area contributed by atoms with Gasteiger partial charge < -0.3 is 16.2 Å². The Labute approximate surface area is 254 Å². The lowest BCUT2D eigenvalue weighted by Gasteiger charge is -2.19. The number of benzene rings is 4. The van der Waals surface area contributed by atoms with Crippen LogP contribution in [0.5, 0.6) is 0 Å². The van der Waals surface area contributed by atoms with Gasteiger partial charge in [-0.05, 0) is 62.6 Å². The Kier molecular flexibility index (Phi) is 14.2. The molecule has 0 bridgehead atoms. The third kappa shape index (κ3) is 14.1. The molecule has 0 unspecified atom stereocenters. The second-order valence-corrected chi connectivity index (χ2v) is 13.0. The summed E-state index contributed by atoms with van der Waals surface area (Å²) in [5.41, 5.74) is 11.6. The molecule has 0 saturated heterocycles. The fourth-order valence-electron chi connectivity index (χ4n) is 3.66. The van der Waals surface area contributed by atoms with Gasteiger partial charge in [0.25, 0.3) is 20.2 Å². The van der Waals surface area contributed by atoms with Crippen molar-refractivity contribution >= 4 is 20.2 Å². The normalized spacial score (nSPS) is 12.6. The van der Waals surface area contributed by atoms with Gasteiger partial charge in [0.1, 0.15) is 0 Å². The summed E-state index contributed by atoms with van der Waals surface area (Å²) in [6.07, 6.45) is 0.143. The second-order valence-electron chi connectivity index (χ2n) is 10.1. The van der Waals surface area contributed by atoms with Gasteiger partial charge in [-0.15, -0.1) is 0 Å². The number of hydrogen-bond acceptors (Lipinski definition) is 7. The minimum Gasteiger partial charge on any atom is -0.390 e. The average Bonchev–Trinajstić information content (AvgIpc) is 2.95. The van der Waals surface area contributed by atoms with Crippen LogP contribution < -0.4 is 11.1 Å². The summed E-state index contributed by atoms with van der Waals surface area (Å²) in [4.78, 5) is -0.133. The van der Waals surface area contributed by atoms with Crippen LogP contribution in [-0.4, -0.2) is 49.7 Å². The SMILES string of the molecule is Cc1ccc(CNC[C@@H](O)[C@@H](N)Cc2ccccc2)cc1.Cc1ccc(S(=O)(=O)O)cc1.Cc1ccc(S(=O)(=O)O)cc1. The summed E-state index contributed by atoms with van der Waals surface area (Å²) in [6, 6.07) is 30.1. The molecule has 4 rings (SSSR count). The van der Waals surface area contributed by atoms with E-state index in [1.807, 2.05) is 44.2 Å². The maximum atomic E-state index is 10.5. The molecule has 0 aliphatic carbocycles. The summed E-state index contributed by atoms with van der Waals surface area (Å²) >= 11 is 0. The lowest BCUT2D eigenvalue weighted by molar-refractivity contribution is 0.141. The Hall–Kier alpha value is -3.42. The van der Waals surface area contributed by atoms with E-state index in [4.69, 9.17) is 14.8 Å². The zero-order valence-electron chi connectivity index (χ0n) is 24.5. The zero-order valence-corrected chi connectivity index (χ0v) is 26.1. The first-order valence-electron chi connectivity index (χ1n) is 13.5. The monoisotopic (exact) mass is 628 g/mol. The van der Waals surface area contributed by atoms with Gasteiger partial charge >= 0.3 is 0 Å². The minimum absolute atomic E-state index is 0.0666. The molecule has 0 aliphatic heterocycles. The van der Waals surface area contributed by atoms with Crippen molar-refractivity contribution in [3.8, 4) is 0 Å². The number of rotatable bonds is 9. The van der Waals surface area contributed by atoms with Crippen LogP contribution in [0.4, 0.5) is 0 Å². The van der Waals surface area contributed by atoms with Crippen LogP contribution in [0.15, 0.2) is 113 Å². The van der Waals surface area contributed by atoms with Gasteiger partial charge in [-0.1, -0.05) is 95.6 Å². The molecule has 0 amide bonds. The fourth-order valence-corrected chi connectivity index (χ4v) is 4.62. The van der Waals surface area contributed by atoms with E-state index in [1.54, 1.807) is 24.3 Å². The molecule has 0 heterocycles. The third-order valence-electron chi connectivity index (χ3n) is 6.25. The van der Waals surface area contributed by atoms with Gasteiger partial charge in [-0.25, -0.2) is 0 Å². The lowest BCUT2D eigenvalue weighted by atomic mass is 10.0. The smallest absolute Gasteiger partial charge is 0.294 e. The predicted octanol–water partition coefficient (Wildman–Crippen LogP) is 4.50. The molecule has 0 fully saturated rings. The number of aliphatic hydroxyl groups is 1. The Morgan fingerprint density at radius 3 is 1.42 bits per heavy atom. The molecule has 6 N–H and O–H groups in total. The van der Waals surface area contributed by atoms with Crippen LogP contribution in [0.1, 0.15) is 27.8 Å². The first-order chi connectivity index (χ1) is 20.1. The average molecular weight is 629 g/mol. The largest absolute Gasteiger partial charge is 0.390 e. The molecule has 4 aromatic rings. The summed E-state index contributed by atoms with van der Waals surface area (Å²) in [7, 11) is -8.04. The second kappa shape index (κ2) is 17.0. The highest BCUT2D eigenvalue weighted by Gasteiger charge is 2.14. The molecule has 0 spiro atoms. The number of hydrogen-bond donors (Lipinski definition) is 5.